The van der Waals surface area contributed by atoms with E-state index in [0.29, 0.717) is 38.0 Å². The van der Waals surface area contributed by atoms with E-state index in [1.807, 2.05) is 15.9 Å². The van der Waals surface area contributed by atoms with Gasteiger partial charge in [0.25, 0.3) is 0 Å². The van der Waals surface area contributed by atoms with Gasteiger partial charge in [-0.3, -0.25) is 9.69 Å². The number of amides is 1. The van der Waals surface area contributed by atoms with Crippen LogP contribution in [0.2, 0.25) is 0 Å². The molecule has 1 aromatic heterocycles. The normalized spacial score (nSPS) is 18.2. The van der Waals surface area contributed by atoms with E-state index in [0.717, 1.165) is 22.5 Å². The third-order valence-corrected chi connectivity index (χ3v) is 7.90. The number of aromatic nitrogens is 1. The van der Waals surface area contributed by atoms with Gasteiger partial charge in [0.05, 0.1) is 6.54 Å². The second kappa shape index (κ2) is 9.65. The SMILES string of the molecule is Cc1nc(C#N)c(N2CCN(C(=O)CN3CCN(S(=O)(=O)c4c(F)cccc4F)CC3)CC2)o1. The maximum absolute atomic E-state index is 14.0. The highest BCUT2D eigenvalue weighted by Crippen LogP contribution is 2.24. The van der Waals surface area contributed by atoms with Crippen molar-refractivity contribution in [3.8, 4) is 6.07 Å². The molecule has 0 radical (unpaired) electrons. The lowest BCUT2D eigenvalue weighted by Gasteiger charge is -2.37. The number of carbonyl (C=O) groups excluding carboxylic acids is 1. The molecule has 0 spiro atoms. The monoisotopic (exact) mass is 494 g/mol. The molecule has 0 aliphatic carbocycles. The van der Waals surface area contributed by atoms with Crippen LogP contribution < -0.4 is 4.90 Å². The van der Waals surface area contributed by atoms with Crippen LogP contribution in [-0.2, 0) is 14.8 Å². The molecule has 2 aromatic rings. The van der Waals surface area contributed by atoms with Crippen LogP contribution in [0, 0.1) is 29.9 Å². The van der Waals surface area contributed by atoms with Crippen molar-refractivity contribution in [1.29, 1.82) is 5.26 Å². The first-order valence-electron chi connectivity index (χ1n) is 10.8. The van der Waals surface area contributed by atoms with Gasteiger partial charge in [-0.2, -0.15) is 9.57 Å². The molecule has 10 nitrogen and oxygen atoms in total. The van der Waals surface area contributed by atoms with E-state index in [1.54, 1.807) is 11.8 Å². The Morgan fingerprint density at radius 2 is 1.71 bits per heavy atom. The van der Waals surface area contributed by atoms with Gasteiger partial charge in [0.1, 0.15) is 17.7 Å². The summed E-state index contributed by atoms with van der Waals surface area (Å²) in [5, 5.41) is 9.20. The quantitative estimate of drug-likeness (QED) is 0.600. The fourth-order valence-corrected chi connectivity index (χ4v) is 5.67. The molecular formula is C21H24F2N6O4S. The van der Waals surface area contributed by atoms with Crippen molar-refractivity contribution in [2.75, 3.05) is 63.8 Å². The summed E-state index contributed by atoms with van der Waals surface area (Å²) in [7, 11) is -4.31. The number of oxazole rings is 1. The molecule has 0 bridgehead atoms. The van der Waals surface area contributed by atoms with E-state index in [9.17, 15) is 27.3 Å². The van der Waals surface area contributed by atoms with Crippen LogP contribution in [0.3, 0.4) is 0 Å². The third kappa shape index (κ3) is 4.75. The molecule has 182 valence electrons. The Bertz CT molecular complexity index is 1190. The largest absolute Gasteiger partial charge is 0.424 e. The molecular weight excluding hydrogens is 470 g/mol. The van der Waals surface area contributed by atoms with Crippen molar-refractivity contribution >= 4 is 21.8 Å². The second-order valence-electron chi connectivity index (χ2n) is 8.10. The number of hydrogen-bond donors (Lipinski definition) is 0. The highest BCUT2D eigenvalue weighted by molar-refractivity contribution is 7.89. The topological polar surface area (TPSA) is 114 Å². The Labute approximate surface area is 196 Å². The Balaban J connectivity index is 1.29. The van der Waals surface area contributed by atoms with E-state index in [-0.39, 0.29) is 44.3 Å². The maximum Gasteiger partial charge on any atom is 0.249 e. The van der Waals surface area contributed by atoms with Crippen LogP contribution >= 0.6 is 0 Å². The lowest BCUT2D eigenvalue weighted by molar-refractivity contribution is -0.133. The van der Waals surface area contributed by atoms with Gasteiger partial charge in [-0.25, -0.2) is 22.2 Å². The summed E-state index contributed by atoms with van der Waals surface area (Å²) in [6.45, 7) is 4.26. The van der Waals surface area contributed by atoms with Crippen LogP contribution in [0.25, 0.3) is 0 Å². The van der Waals surface area contributed by atoms with Crippen LogP contribution in [0.1, 0.15) is 11.6 Å². The molecule has 13 heteroatoms. The summed E-state index contributed by atoms with van der Waals surface area (Å²) in [6.07, 6.45) is 0. The molecule has 2 aliphatic heterocycles. The molecule has 2 aliphatic rings. The molecule has 0 saturated carbocycles. The van der Waals surface area contributed by atoms with Crippen molar-refractivity contribution in [3.63, 3.8) is 0 Å². The van der Waals surface area contributed by atoms with Crippen LogP contribution in [0.5, 0.6) is 0 Å². The van der Waals surface area contributed by atoms with Crippen LogP contribution in [0.15, 0.2) is 27.5 Å². The number of piperazine rings is 2. The minimum absolute atomic E-state index is 0.0267. The van der Waals surface area contributed by atoms with Crippen molar-refractivity contribution < 1.29 is 26.4 Å². The number of sulfonamides is 1. The number of nitrogens with zero attached hydrogens (tertiary/aromatic N) is 6. The first-order chi connectivity index (χ1) is 16.2. The van der Waals surface area contributed by atoms with Gasteiger partial charge in [0, 0.05) is 59.3 Å². The fourth-order valence-electron chi connectivity index (χ4n) is 4.14. The first kappa shape index (κ1) is 24.1. The Morgan fingerprint density at radius 1 is 1.09 bits per heavy atom. The Hall–Kier alpha value is -3.08. The maximum atomic E-state index is 14.0. The summed E-state index contributed by atoms with van der Waals surface area (Å²) < 4.78 is 60.0. The number of hydrogen-bond acceptors (Lipinski definition) is 8. The molecule has 34 heavy (non-hydrogen) atoms. The number of halogens is 2. The smallest absolute Gasteiger partial charge is 0.249 e. The highest BCUT2D eigenvalue weighted by atomic mass is 32.2. The summed E-state index contributed by atoms with van der Waals surface area (Å²) >= 11 is 0. The number of aryl methyl sites for hydroxylation is 1. The first-order valence-corrected chi connectivity index (χ1v) is 12.2. The zero-order valence-corrected chi connectivity index (χ0v) is 19.4. The zero-order valence-electron chi connectivity index (χ0n) is 18.6. The van der Waals surface area contributed by atoms with Crippen molar-refractivity contribution in [3.05, 3.63) is 41.4 Å². The number of rotatable bonds is 5. The third-order valence-electron chi connectivity index (χ3n) is 5.95. The van der Waals surface area contributed by atoms with Gasteiger partial charge >= 0.3 is 0 Å². The average Bonchev–Trinajstić information content (AvgIpc) is 3.20. The summed E-state index contributed by atoms with van der Waals surface area (Å²) in [4.78, 5) is 21.3. The lowest BCUT2D eigenvalue weighted by Crippen LogP contribution is -2.54. The minimum atomic E-state index is -4.31. The highest BCUT2D eigenvalue weighted by Gasteiger charge is 2.34. The van der Waals surface area contributed by atoms with Gasteiger partial charge < -0.3 is 14.2 Å². The van der Waals surface area contributed by atoms with E-state index < -0.39 is 26.6 Å². The molecule has 3 heterocycles. The molecule has 2 saturated heterocycles. The lowest BCUT2D eigenvalue weighted by atomic mass is 10.2. The van der Waals surface area contributed by atoms with Crippen molar-refractivity contribution in [1.82, 2.24) is 19.1 Å². The van der Waals surface area contributed by atoms with Gasteiger partial charge in [-0.1, -0.05) is 6.07 Å². The number of anilines is 1. The van der Waals surface area contributed by atoms with E-state index >= 15 is 0 Å². The van der Waals surface area contributed by atoms with Gasteiger partial charge in [0.15, 0.2) is 10.8 Å². The molecule has 0 atom stereocenters. The summed E-state index contributed by atoms with van der Waals surface area (Å²) in [5.74, 6) is -1.52. The minimum Gasteiger partial charge on any atom is -0.424 e. The van der Waals surface area contributed by atoms with Gasteiger partial charge in [0.2, 0.25) is 27.5 Å². The summed E-state index contributed by atoms with van der Waals surface area (Å²) in [6, 6.07) is 4.95. The molecule has 1 aromatic carbocycles. The van der Waals surface area contributed by atoms with Crippen molar-refractivity contribution in [2.24, 2.45) is 0 Å². The number of carbonyl (C=O) groups is 1. The molecule has 0 unspecified atom stereocenters. The van der Waals surface area contributed by atoms with Gasteiger partial charge in [-0.05, 0) is 12.1 Å². The standard InChI is InChI=1S/C21H24F2N6O4S/c1-15-25-18(13-24)21(33-15)28-9-7-27(8-10-28)19(30)14-26-5-11-29(12-6-26)34(31,32)20-16(22)3-2-4-17(20)23/h2-4H,5-12,14H2,1H3. The van der Waals surface area contributed by atoms with Crippen LogP contribution in [0.4, 0.5) is 14.7 Å². The summed E-state index contributed by atoms with van der Waals surface area (Å²) in [5.41, 5.74) is 0.223. The molecule has 1 amide bonds. The van der Waals surface area contributed by atoms with Gasteiger partial charge in [-0.15, -0.1) is 0 Å². The Morgan fingerprint density at radius 3 is 2.29 bits per heavy atom. The molecule has 0 N–H and O–H groups in total. The molecule has 2 fully saturated rings. The van der Waals surface area contributed by atoms with E-state index in [4.69, 9.17) is 4.42 Å². The second-order valence-corrected chi connectivity index (χ2v) is 9.97. The van der Waals surface area contributed by atoms with Crippen molar-refractivity contribution in [2.45, 2.75) is 11.8 Å². The molecule has 4 rings (SSSR count). The predicted octanol–water partition coefficient (Wildman–Crippen LogP) is 0.788. The van der Waals surface area contributed by atoms with E-state index in [1.165, 1.54) is 0 Å². The Kier molecular flexibility index (Phi) is 6.83. The van der Waals surface area contributed by atoms with E-state index in [2.05, 4.69) is 4.98 Å². The predicted molar refractivity (Wildman–Crippen MR) is 116 cm³/mol. The zero-order chi connectivity index (χ0) is 24.5. The fraction of sp³-hybridized carbons (Fsp3) is 0.476. The van der Waals surface area contributed by atoms with Crippen LogP contribution in [-0.4, -0.2) is 92.3 Å². The average molecular weight is 495 g/mol. The number of nitriles is 1. The number of benzene rings is 1.